The maximum absolute atomic E-state index is 10.0. The molecule has 1 saturated heterocycles. The zero-order chi connectivity index (χ0) is 13.5. The summed E-state index contributed by atoms with van der Waals surface area (Å²) in [6.45, 7) is 2.84. The van der Waals surface area contributed by atoms with E-state index in [1.54, 1.807) is 6.07 Å². The summed E-state index contributed by atoms with van der Waals surface area (Å²) >= 11 is 0. The summed E-state index contributed by atoms with van der Waals surface area (Å²) in [6, 6.07) is 7.37. The second-order valence-electron chi connectivity index (χ2n) is 5.91. The van der Waals surface area contributed by atoms with Gasteiger partial charge in [0.15, 0.2) is 0 Å². The minimum absolute atomic E-state index is 0.0996. The van der Waals surface area contributed by atoms with E-state index in [1.165, 1.54) is 5.57 Å². The van der Waals surface area contributed by atoms with E-state index in [0.29, 0.717) is 12.4 Å². The number of para-hydroxylation sites is 1. The fourth-order valence-electron chi connectivity index (χ4n) is 3.30. The van der Waals surface area contributed by atoms with Gasteiger partial charge >= 0.3 is 0 Å². The molecule has 1 fully saturated rings. The number of aliphatic hydroxyl groups excluding tert-OH is 1. The van der Waals surface area contributed by atoms with Crippen molar-refractivity contribution in [2.24, 2.45) is 11.3 Å². The van der Waals surface area contributed by atoms with Crippen LogP contribution in [-0.2, 0) is 4.74 Å². The van der Waals surface area contributed by atoms with Gasteiger partial charge in [-0.2, -0.15) is 0 Å². The number of hydrogen-bond acceptors (Lipinski definition) is 3. The maximum atomic E-state index is 10.0. The molecule has 3 nitrogen and oxygen atoms in total. The minimum atomic E-state index is -0.120. The van der Waals surface area contributed by atoms with Crippen LogP contribution in [0.2, 0.25) is 0 Å². The second kappa shape index (κ2) is 4.66. The van der Waals surface area contributed by atoms with Gasteiger partial charge in [0.25, 0.3) is 0 Å². The molecule has 1 aliphatic carbocycles. The largest absolute Gasteiger partial charge is 0.508 e. The fourth-order valence-corrected chi connectivity index (χ4v) is 3.30. The number of ether oxygens (including phenoxy) is 1. The van der Waals surface area contributed by atoms with Crippen molar-refractivity contribution in [3.05, 3.63) is 41.5 Å². The fraction of sp³-hybridized carbons (Fsp3) is 0.500. The Morgan fingerprint density at radius 1 is 1.37 bits per heavy atom. The normalized spacial score (nSPS) is 33.9. The number of phenols is 1. The van der Waals surface area contributed by atoms with Gasteiger partial charge in [-0.15, -0.1) is 0 Å². The predicted molar refractivity (Wildman–Crippen MR) is 72.8 cm³/mol. The Morgan fingerprint density at radius 2 is 2.16 bits per heavy atom. The second-order valence-corrected chi connectivity index (χ2v) is 5.91. The van der Waals surface area contributed by atoms with Crippen molar-refractivity contribution < 1.29 is 14.9 Å². The van der Waals surface area contributed by atoms with E-state index in [9.17, 15) is 10.2 Å². The molecule has 1 heterocycles. The molecule has 1 aromatic carbocycles. The monoisotopic (exact) mass is 260 g/mol. The predicted octanol–water partition coefficient (Wildman–Crippen LogP) is 2.80. The lowest BCUT2D eigenvalue weighted by molar-refractivity contribution is -0.114. The first-order chi connectivity index (χ1) is 9.15. The Kier molecular flexibility index (Phi) is 3.11. The Bertz CT molecular complexity index is 508. The third kappa shape index (κ3) is 2.07. The van der Waals surface area contributed by atoms with E-state index >= 15 is 0 Å². The van der Waals surface area contributed by atoms with Crippen LogP contribution in [-0.4, -0.2) is 23.4 Å². The molecule has 2 aliphatic rings. The van der Waals surface area contributed by atoms with E-state index in [1.807, 2.05) is 18.2 Å². The highest BCUT2D eigenvalue weighted by molar-refractivity contribution is 5.36. The van der Waals surface area contributed by atoms with Crippen molar-refractivity contribution in [2.75, 3.05) is 13.2 Å². The lowest BCUT2D eigenvalue weighted by Gasteiger charge is -2.47. The summed E-state index contributed by atoms with van der Waals surface area (Å²) in [5.74, 6) is 0.547. The van der Waals surface area contributed by atoms with E-state index in [0.717, 1.165) is 18.4 Å². The molecule has 19 heavy (non-hydrogen) atoms. The average Bonchev–Trinajstić information content (AvgIpc) is 2.45. The Morgan fingerprint density at radius 3 is 2.89 bits per heavy atom. The molecular formula is C16H20O3. The summed E-state index contributed by atoms with van der Waals surface area (Å²) in [5.41, 5.74) is 2.04. The number of phenolic OH excluding ortho intramolecular Hbond substituents is 1. The van der Waals surface area contributed by atoms with E-state index < -0.39 is 0 Å². The standard InChI is InChI=1S/C16H20O3/c1-11-6-7-16(9-17)8-13(11)15(19-10-16)12-4-2-3-5-14(12)18/h2-6,13,15,17-18H,7-10H2,1H3/t13-,15-,16-/m1/s1. The Hall–Kier alpha value is -1.32. The molecule has 3 heteroatoms. The molecular weight excluding hydrogens is 240 g/mol. The molecule has 3 atom stereocenters. The Labute approximate surface area is 113 Å². The molecule has 0 amide bonds. The van der Waals surface area contributed by atoms with E-state index in [-0.39, 0.29) is 24.0 Å². The van der Waals surface area contributed by atoms with Gasteiger partial charge in [0.1, 0.15) is 5.75 Å². The van der Waals surface area contributed by atoms with Gasteiger partial charge in [-0.1, -0.05) is 29.8 Å². The lowest BCUT2D eigenvalue weighted by Crippen LogP contribution is -2.43. The Balaban J connectivity index is 1.96. The third-order valence-corrected chi connectivity index (χ3v) is 4.61. The van der Waals surface area contributed by atoms with Crippen LogP contribution in [0.15, 0.2) is 35.9 Å². The summed E-state index contributed by atoms with van der Waals surface area (Å²) in [6.07, 6.45) is 3.95. The maximum Gasteiger partial charge on any atom is 0.121 e. The smallest absolute Gasteiger partial charge is 0.121 e. The first-order valence-electron chi connectivity index (χ1n) is 6.82. The number of fused-ring (bicyclic) bond motifs is 2. The number of allylic oxidation sites excluding steroid dienone is 1. The van der Waals surface area contributed by atoms with Crippen molar-refractivity contribution in [1.29, 1.82) is 0 Å². The molecule has 0 spiro atoms. The number of aromatic hydroxyl groups is 1. The van der Waals surface area contributed by atoms with Gasteiger partial charge < -0.3 is 14.9 Å². The number of rotatable bonds is 2. The quantitative estimate of drug-likeness (QED) is 0.804. The van der Waals surface area contributed by atoms with Crippen molar-refractivity contribution in [1.82, 2.24) is 0 Å². The van der Waals surface area contributed by atoms with Crippen molar-refractivity contribution in [3.8, 4) is 5.75 Å². The van der Waals surface area contributed by atoms with Gasteiger partial charge in [-0.25, -0.2) is 0 Å². The molecule has 2 bridgehead atoms. The van der Waals surface area contributed by atoms with Crippen LogP contribution < -0.4 is 0 Å². The SMILES string of the molecule is CC1=CC[C@@]2(CO)CO[C@H](c3ccccc3O)[C@@H]1C2. The minimum Gasteiger partial charge on any atom is -0.508 e. The summed E-state index contributed by atoms with van der Waals surface area (Å²) in [7, 11) is 0. The first kappa shape index (κ1) is 12.7. The van der Waals surface area contributed by atoms with Gasteiger partial charge in [0, 0.05) is 16.9 Å². The molecule has 2 N–H and O–H groups in total. The van der Waals surface area contributed by atoms with E-state index in [4.69, 9.17) is 4.74 Å². The molecule has 102 valence electrons. The van der Waals surface area contributed by atoms with Crippen LogP contribution in [0, 0.1) is 11.3 Å². The van der Waals surface area contributed by atoms with Crippen LogP contribution in [0.1, 0.15) is 31.4 Å². The molecule has 0 unspecified atom stereocenters. The number of benzene rings is 1. The average molecular weight is 260 g/mol. The van der Waals surface area contributed by atoms with Gasteiger partial charge in [0.05, 0.1) is 19.3 Å². The topological polar surface area (TPSA) is 49.7 Å². The zero-order valence-corrected chi connectivity index (χ0v) is 11.2. The lowest BCUT2D eigenvalue weighted by atomic mass is 9.66. The molecule has 0 saturated carbocycles. The zero-order valence-electron chi connectivity index (χ0n) is 11.2. The van der Waals surface area contributed by atoms with Crippen molar-refractivity contribution >= 4 is 0 Å². The van der Waals surface area contributed by atoms with Crippen LogP contribution in [0.4, 0.5) is 0 Å². The molecule has 3 rings (SSSR count). The van der Waals surface area contributed by atoms with E-state index in [2.05, 4.69) is 13.0 Å². The number of aliphatic hydroxyl groups is 1. The molecule has 0 aromatic heterocycles. The van der Waals surface area contributed by atoms with Gasteiger partial charge in [0.2, 0.25) is 0 Å². The summed E-state index contributed by atoms with van der Waals surface area (Å²) in [4.78, 5) is 0. The highest BCUT2D eigenvalue weighted by atomic mass is 16.5. The molecule has 1 aliphatic heterocycles. The highest BCUT2D eigenvalue weighted by Gasteiger charge is 2.45. The van der Waals surface area contributed by atoms with Gasteiger partial charge in [-0.05, 0) is 25.8 Å². The van der Waals surface area contributed by atoms with Crippen LogP contribution in [0.25, 0.3) is 0 Å². The molecule has 0 radical (unpaired) electrons. The molecule has 1 aromatic rings. The van der Waals surface area contributed by atoms with Crippen LogP contribution in [0.3, 0.4) is 0 Å². The highest BCUT2D eigenvalue weighted by Crippen LogP contribution is 2.51. The van der Waals surface area contributed by atoms with Crippen molar-refractivity contribution in [2.45, 2.75) is 25.9 Å². The summed E-state index contributed by atoms with van der Waals surface area (Å²) in [5, 5.41) is 19.7. The summed E-state index contributed by atoms with van der Waals surface area (Å²) < 4.78 is 6.02. The van der Waals surface area contributed by atoms with Crippen molar-refractivity contribution in [3.63, 3.8) is 0 Å². The number of hydrogen-bond donors (Lipinski definition) is 2. The van der Waals surface area contributed by atoms with Gasteiger partial charge in [-0.3, -0.25) is 0 Å². The third-order valence-electron chi connectivity index (χ3n) is 4.61. The van der Waals surface area contributed by atoms with Crippen LogP contribution >= 0.6 is 0 Å². The first-order valence-corrected chi connectivity index (χ1v) is 6.82. The van der Waals surface area contributed by atoms with Crippen LogP contribution in [0.5, 0.6) is 5.75 Å².